The molecule has 1 aliphatic rings. The second-order valence-electron chi connectivity index (χ2n) is 4.69. The molecule has 1 aromatic carbocycles. The number of benzene rings is 1. The van der Waals surface area contributed by atoms with Crippen molar-refractivity contribution in [3.63, 3.8) is 0 Å². The van der Waals surface area contributed by atoms with Crippen LogP contribution in [-0.2, 0) is 4.79 Å². The fraction of sp³-hybridized carbons (Fsp3) is 0.462. The van der Waals surface area contributed by atoms with Crippen LogP contribution in [-0.4, -0.2) is 18.0 Å². The van der Waals surface area contributed by atoms with Crippen molar-refractivity contribution in [2.75, 3.05) is 10.2 Å². The highest BCUT2D eigenvalue weighted by Gasteiger charge is 2.33. The number of anilines is 2. The van der Waals surface area contributed by atoms with Gasteiger partial charge in [0.25, 0.3) is 0 Å². The Morgan fingerprint density at radius 3 is 2.50 bits per heavy atom. The van der Waals surface area contributed by atoms with E-state index in [1.807, 2.05) is 20.8 Å². The van der Waals surface area contributed by atoms with Gasteiger partial charge in [0.2, 0.25) is 5.91 Å². The van der Waals surface area contributed by atoms with Gasteiger partial charge in [0.05, 0.1) is 21.4 Å². The van der Waals surface area contributed by atoms with Crippen molar-refractivity contribution in [2.45, 2.75) is 39.3 Å². The summed E-state index contributed by atoms with van der Waals surface area (Å²) >= 11 is 12.1. The second-order valence-corrected chi connectivity index (χ2v) is 5.51. The maximum absolute atomic E-state index is 12.3. The summed E-state index contributed by atoms with van der Waals surface area (Å²) in [5.74, 6) is 0.0818. The zero-order valence-corrected chi connectivity index (χ0v) is 12.1. The van der Waals surface area contributed by atoms with Crippen molar-refractivity contribution in [1.82, 2.24) is 0 Å². The Hall–Kier alpha value is -0.930. The summed E-state index contributed by atoms with van der Waals surface area (Å²) in [4.78, 5) is 14.1. The van der Waals surface area contributed by atoms with E-state index in [2.05, 4.69) is 5.32 Å². The number of rotatable bonds is 2. The van der Waals surface area contributed by atoms with Crippen LogP contribution in [0.3, 0.4) is 0 Å². The van der Waals surface area contributed by atoms with E-state index in [-0.39, 0.29) is 18.0 Å². The Balaban J connectivity index is 2.56. The van der Waals surface area contributed by atoms with E-state index < -0.39 is 0 Å². The molecule has 1 unspecified atom stereocenters. The number of fused-ring (bicyclic) bond motifs is 1. The van der Waals surface area contributed by atoms with Crippen molar-refractivity contribution >= 4 is 40.5 Å². The quantitative estimate of drug-likeness (QED) is 0.893. The molecule has 5 heteroatoms. The van der Waals surface area contributed by atoms with Gasteiger partial charge in [0, 0.05) is 6.04 Å². The molecule has 0 spiro atoms. The van der Waals surface area contributed by atoms with E-state index in [0.717, 1.165) is 17.8 Å². The Morgan fingerprint density at radius 2 is 1.94 bits per heavy atom. The third-order valence-electron chi connectivity index (χ3n) is 3.09. The molecule has 1 amide bonds. The lowest BCUT2D eigenvalue weighted by molar-refractivity contribution is -0.120. The molecule has 18 heavy (non-hydrogen) atoms. The van der Waals surface area contributed by atoms with Crippen molar-refractivity contribution in [3.05, 3.63) is 22.2 Å². The van der Waals surface area contributed by atoms with Crippen molar-refractivity contribution in [3.8, 4) is 0 Å². The fourth-order valence-corrected chi connectivity index (χ4v) is 2.52. The lowest BCUT2D eigenvalue weighted by Gasteiger charge is -2.37. The number of nitrogens with zero attached hydrogens (tertiary/aromatic N) is 1. The van der Waals surface area contributed by atoms with Crippen LogP contribution in [0.15, 0.2) is 12.1 Å². The summed E-state index contributed by atoms with van der Waals surface area (Å²) in [6, 6.07) is 3.42. The maximum atomic E-state index is 12.3. The summed E-state index contributed by atoms with van der Waals surface area (Å²) in [6.07, 6.45) is 0.738. The number of nitrogens with one attached hydrogen (secondary N) is 1. The van der Waals surface area contributed by atoms with Crippen molar-refractivity contribution < 1.29 is 4.79 Å². The summed E-state index contributed by atoms with van der Waals surface area (Å²) < 4.78 is 0. The van der Waals surface area contributed by atoms with Crippen LogP contribution in [0.4, 0.5) is 11.4 Å². The van der Waals surface area contributed by atoms with Crippen LogP contribution in [0.1, 0.15) is 27.2 Å². The Labute approximate surface area is 117 Å². The van der Waals surface area contributed by atoms with Gasteiger partial charge in [-0.05, 0) is 32.4 Å². The van der Waals surface area contributed by atoms with Gasteiger partial charge >= 0.3 is 0 Å². The molecular weight excluding hydrogens is 271 g/mol. The maximum Gasteiger partial charge on any atom is 0.249 e. The average Bonchev–Trinajstić information content (AvgIpc) is 2.30. The van der Waals surface area contributed by atoms with Gasteiger partial charge < -0.3 is 10.2 Å². The van der Waals surface area contributed by atoms with Crippen LogP contribution in [0.2, 0.25) is 10.0 Å². The number of hydrogen-bond donors (Lipinski definition) is 1. The molecule has 1 aromatic rings. The van der Waals surface area contributed by atoms with Gasteiger partial charge in [0.1, 0.15) is 6.04 Å². The van der Waals surface area contributed by atoms with E-state index >= 15 is 0 Å². The van der Waals surface area contributed by atoms with E-state index in [1.165, 1.54) is 0 Å². The first-order chi connectivity index (χ1) is 8.45. The summed E-state index contributed by atoms with van der Waals surface area (Å²) in [7, 11) is 0. The van der Waals surface area contributed by atoms with Crippen LogP contribution in [0.25, 0.3) is 0 Å². The third-order valence-corrected chi connectivity index (χ3v) is 3.81. The van der Waals surface area contributed by atoms with Crippen molar-refractivity contribution in [2.24, 2.45) is 0 Å². The Bertz CT molecular complexity index is 488. The van der Waals surface area contributed by atoms with Crippen LogP contribution >= 0.6 is 23.2 Å². The first kappa shape index (κ1) is 13.5. The zero-order valence-electron chi connectivity index (χ0n) is 10.6. The average molecular weight is 287 g/mol. The van der Waals surface area contributed by atoms with E-state index in [9.17, 15) is 4.79 Å². The second kappa shape index (κ2) is 4.98. The highest BCUT2D eigenvalue weighted by atomic mass is 35.5. The van der Waals surface area contributed by atoms with Gasteiger partial charge in [-0.25, -0.2) is 0 Å². The normalized spacial score (nSPS) is 18.9. The molecule has 0 saturated carbocycles. The molecule has 3 nitrogen and oxygen atoms in total. The van der Waals surface area contributed by atoms with E-state index in [1.54, 1.807) is 17.0 Å². The number of amides is 1. The predicted octanol–water partition coefficient (Wildman–Crippen LogP) is 3.94. The van der Waals surface area contributed by atoms with Gasteiger partial charge in [-0.2, -0.15) is 0 Å². The Kier molecular flexibility index (Phi) is 3.74. The monoisotopic (exact) mass is 286 g/mol. The summed E-state index contributed by atoms with van der Waals surface area (Å²) in [5, 5.41) is 4.17. The lowest BCUT2D eigenvalue weighted by atomic mass is 10.1. The van der Waals surface area contributed by atoms with Gasteiger partial charge in [0.15, 0.2) is 0 Å². The smallest absolute Gasteiger partial charge is 0.249 e. The van der Waals surface area contributed by atoms with Gasteiger partial charge in [-0.1, -0.05) is 30.1 Å². The van der Waals surface area contributed by atoms with Gasteiger partial charge in [-0.15, -0.1) is 0 Å². The molecule has 1 N–H and O–H groups in total. The predicted molar refractivity (Wildman–Crippen MR) is 76.8 cm³/mol. The van der Waals surface area contributed by atoms with Crippen LogP contribution in [0.5, 0.6) is 0 Å². The summed E-state index contributed by atoms with van der Waals surface area (Å²) in [5.41, 5.74) is 1.67. The van der Waals surface area contributed by atoms with Crippen LogP contribution in [0, 0.1) is 0 Å². The fourth-order valence-electron chi connectivity index (χ4n) is 2.20. The highest BCUT2D eigenvalue weighted by Crippen LogP contribution is 2.39. The summed E-state index contributed by atoms with van der Waals surface area (Å²) in [6.45, 7) is 5.96. The molecular formula is C13H16Cl2N2O. The molecule has 0 fully saturated rings. The molecule has 0 bridgehead atoms. The highest BCUT2D eigenvalue weighted by molar-refractivity contribution is 6.42. The number of carbonyl (C=O) groups is 1. The molecule has 1 atom stereocenters. The lowest BCUT2D eigenvalue weighted by Crippen LogP contribution is -2.49. The Morgan fingerprint density at radius 1 is 1.33 bits per heavy atom. The molecule has 1 heterocycles. The molecule has 1 aliphatic heterocycles. The largest absolute Gasteiger partial charge is 0.372 e. The molecule has 0 aromatic heterocycles. The van der Waals surface area contributed by atoms with Gasteiger partial charge in [-0.3, -0.25) is 4.79 Å². The molecule has 0 aliphatic carbocycles. The van der Waals surface area contributed by atoms with E-state index in [4.69, 9.17) is 23.2 Å². The molecule has 2 rings (SSSR count). The van der Waals surface area contributed by atoms with Crippen LogP contribution < -0.4 is 10.2 Å². The SMILES string of the molecule is CCC1Nc2cc(Cl)c(Cl)cc2N(C(C)C)C1=O. The minimum absolute atomic E-state index is 0.0818. The standard InChI is InChI=1S/C13H16Cl2N2O/c1-4-10-13(18)17(7(2)3)12-6-9(15)8(14)5-11(12)16-10/h5-7,10,16H,4H2,1-3H3. The van der Waals surface area contributed by atoms with E-state index in [0.29, 0.717) is 10.0 Å². The molecule has 0 radical (unpaired) electrons. The molecule has 98 valence electrons. The minimum atomic E-state index is -0.197. The zero-order chi connectivity index (χ0) is 13.4. The number of carbonyl (C=O) groups excluding carboxylic acids is 1. The number of hydrogen-bond acceptors (Lipinski definition) is 2. The minimum Gasteiger partial charge on any atom is -0.372 e. The van der Waals surface area contributed by atoms with Crippen molar-refractivity contribution in [1.29, 1.82) is 0 Å². The third kappa shape index (κ3) is 2.17. The first-order valence-corrected chi connectivity index (χ1v) is 6.80. The first-order valence-electron chi connectivity index (χ1n) is 6.04. The molecule has 0 saturated heterocycles. The number of halogens is 2. The topological polar surface area (TPSA) is 32.3 Å².